The molecule has 1 amide bonds. The number of carbonyl (C=O) groups is 1. The molecule has 1 atom stereocenters. The molecule has 0 radical (unpaired) electrons. The van der Waals surface area contributed by atoms with Crippen molar-refractivity contribution in [3.8, 4) is 0 Å². The first kappa shape index (κ1) is 20.2. The van der Waals surface area contributed by atoms with Gasteiger partial charge in [-0.1, -0.05) is 6.07 Å². The van der Waals surface area contributed by atoms with E-state index in [1.807, 2.05) is 0 Å². The maximum atomic E-state index is 14.0. The van der Waals surface area contributed by atoms with Crippen LogP contribution in [0.1, 0.15) is 37.7 Å². The number of rotatable bonds is 5. The Bertz CT molecular complexity index is 815. The van der Waals surface area contributed by atoms with Crippen molar-refractivity contribution in [2.45, 2.75) is 44.2 Å². The summed E-state index contributed by atoms with van der Waals surface area (Å²) in [6.07, 6.45) is 4.80. The van der Waals surface area contributed by atoms with Gasteiger partial charge in [0, 0.05) is 49.5 Å². The molecule has 8 heteroatoms. The topological polar surface area (TPSA) is 57.7 Å². The van der Waals surface area contributed by atoms with E-state index in [2.05, 4.69) is 4.90 Å². The molecule has 2 heterocycles. The summed E-state index contributed by atoms with van der Waals surface area (Å²) in [6.45, 7) is 2.11. The van der Waals surface area contributed by atoms with E-state index in [0.29, 0.717) is 25.1 Å². The highest BCUT2D eigenvalue weighted by molar-refractivity contribution is 7.90. The molecule has 0 aromatic heterocycles. The van der Waals surface area contributed by atoms with Gasteiger partial charge in [-0.2, -0.15) is 0 Å². The number of amides is 1. The minimum absolute atomic E-state index is 0.0228. The standard InChI is InChI=1S/C19H26F2N2O3S/c1-27(25,26)12-11-23-18(24)5-7-19(23)6-2-9-22(10-8-19)14-15-3-4-16(20)13-17(15)21/h3-4,13H,2,5-12,14H2,1H3/t19-/m1/s1. The van der Waals surface area contributed by atoms with Gasteiger partial charge in [-0.3, -0.25) is 9.69 Å². The Morgan fingerprint density at radius 2 is 1.93 bits per heavy atom. The molecule has 3 rings (SSSR count). The fraction of sp³-hybridized carbons (Fsp3) is 0.632. The van der Waals surface area contributed by atoms with Crippen LogP contribution in [0.2, 0.25) is 0 Å². The minimum Gasteiger partial charge on any atom is -0.336 e. The summed E-state index contributed by atoms with van der Waals surface area (Å²) in [6, 6.07) is 3.64. The Kier molecular flexibility index (Phi) is 5.86. The number of benzene rings is 1. The van der Waals surface area contributed by atoms with E-state index in [9.17, 15) is 22.0 Å². The van der Waals surface area contributed by atoms with E-state index in [-0.39, 0.29) is 23.7 Å². The molecule has 0 aliphatic carbocycles. The summed E-state index contributed by atoms with van der Waals surface area (Å²) in [5.74, 6) is -1.13. The van der Waals surface area contributed by atoms with Crippen molar-refractivity contribution in [1.82, 2.24) is 9.80 Å². The molecular weight excluding hydrogens is 374 g/mol. The van der Waals surface area contributed by atoms with Crippen molar-refractivity contribution >= 4 is 15.7 Å². The first-order chi connectivity index (χ1) is 12.7. The van der Waals surface area contributed by atoms with Gasteiger partial charge in [0.05, 0.1) is 5.75 Å². The van der Waals surface area contributed by atoms with Crippen LogP contribution in [-0.4, -0.2) is 61.3 Å². The number of carbonyl (C=O) groups excluding carboxylic acids is 1. The quantitative estimate of drug-likeness (QED) is 0.761. The lowest BCUT2D eigenvalue weighted by atomic mass is 9.88. The molecule has 2 saturated heterocycles. The first-order valence-corrected chi connectivity index (χ1v) is 11.4. The van der Waals surface area contributed by atoms with E-state index in [0.717, 1.165) is 38.3 Å². The van der Waals surface area contributed by atoms with Crippen molar-refractivity contribution in [2.75, 3.05) is 31.6 Å². The summed E-state index contributed by atoms with van der Waals surface area (Å²) >= 11 is 0. The number of hydrogen-bond acceptors (Lipinski definition) is 4. The average Bonchev–Trinajstić information content (AvgIpc) is 2.74. The van der Waals surface area contributed by atoms with Crippen molar-refractivity contribution in [1.29, 1.82) is 0 Å². The van der Waals surface area contributed by atoms with Gasteiger partial charge in [-0.15, -0.1) is 0 Å². The summed E-state index contributed by atoms with van der Waals surface area (Å²) in [5, 5.41) is 0. The third-order valence-electron chi connectivity index (χ3n) is 5.78. The predicted molar refractivity (Wildman–Crippen MR) is 98.9 cm³/mol. The molecule has 2 aliphatic heterocycles. The maximum absolute atomic E-state index is 14.0. The summed E-state index contributed by atoms with van der Waals surface area (Å²) in [7, 11) is -3.14. The van der Waals surface area contributed by atoms with Gasteiger partial charge < -0.3 is 4.90 Å². The second-order valence-electron chi connectivity index (χ2n) is 7.77. The van der Waals surface area contributed by atoms with Crippen LogP contribution in [0.15, 0.2) is 18.2 Å². The zero-order valence-electron chi connectivity index (χ0n) is 15.6. The summed E-state index contributed by atoms with van der Waals surface area (Å²) in [5.41, 5.74) is 0.168. The molecule has 27 heavy (non-hydrogen) atoms. The number of nitrogens with zero attached hydrogens (tertiary/aromatic N) is 2. The lowest BCUT2D eigenvalue weighted by Gasteiger charge is -2.38. The monoisotopic (exact) mass is 400 g/mol. The van der Waals surface area contributed by atoms with Gasteiger partial charge in [-0.05, 0) is 38.3 Å². The summed E-state index contributed by atoms with van der Waals surface area (Å²) in [4.78, 5) is 16.3. The molecule has 0 saturated carbocycles. The Hall–Kier alpha value is -1.54. The van der Waals surface area contributed by atoms with E-state index < -0.39 is 21.5 Å². The molecule has 2 fully saturated rings. The lowest BCUT2D eigenvalue weighted by Crippen LogP contribution is -2.48. The second kappa shape index (κ2) is 7.83. The molecule has 0 bridgehead atoms. The third kappa shape index (κ3) is 4.85. The van der Waals surface area contributed by atoms with Gasteiger partial charge in [-0.25, -0.2) is 17.2 Å². The highest BCUT2D eigenvalue weighted by atomic mass is 32.2. The molecule has 2 aliphatic rings. The number of halogens is 2. The number of hydrogen-bond donors (Lipinski definition) is 0. The normalized spacial score (nSPS) is 24.6. The van der Waals surface area contributed by atoms with Crippen molar-refractivity contribution in [3.05, 3.63) is 35.4 Å². The molecule has 1 aromatic carbocycles. The van der Waals surface area contributed by atoms with Crippen molar-refractivity contribution < 1.29 is 22.0 Å². The van der Waals surface area contributed by atoms with Gasteiger partial charge >= 0.3 is 0 Å². The fourth-order valence-electron chi connectivity index (χ4n) is 4.30. The van der Waals surface area contributed by atoms with Gasteiger partial charge in [0.2, 0.25) is 5.91 Å². The predicted octanol–water partition coefficient (Wildman–Crippen LogP) is 2.36. The largest absolute Gasteiger partial charge is 0.336 e. The molecule has 5 nitrogen and oxygen atoms in total. The summed E-state index contributed by atoms with van der Waals surface area (Å²) < 4.78 is 50.1. The Morgan fingerprint density at radius 3 is 2.63 bits per heavy atom. The van der Waals surface area contributed by atoms with E-state index in [1.165, 1.54) is 18.4 Å². The van der Waals surface area contributed by atoms with E-state index in [1.54, 1.807) is 4.90 Å². The van der Waals surface area contributed by atoms with Crippen LogP contribution in [0.4, 0.5) is 8.78 Å². The lowest BCUT2D eigenvalue weighted by molar-refractivity contribution is -0.131. The van der Waals surface area contributed by atoms with Gasteiger partial charge in [0.25, 0.3) is 0 Å². The van der Waals surface area contributed by atoms with Crippen LogP contribution in [0.25, 0.3) is 0 Å². The number of sulfone groups is 1. The number of likely N-dealkylation sites (tertiary alicyclic amines) is 2. The highest BCUT2D eigenvalue weighted by Crippen LogP contribution is 2.39. The van der Waals surface area contributed by atoms with Gasteiger partial charge in [0.1, 0.15) is 21.5 Å². The minimum atomic E-state index is -3.14. The van der Waals surface area contributed by atoms with Crippen LogP contribution in [0.5, 0.6) is 0 Å². The van der Waals surface area contributed by atoms with Crippen molar-refractivity contribution in [3.63, 3.8) is 0 Å². The van der Waals surface area contributed by atoms with E-state index in [4.69, 9.17) is 0 Å². The van der Waals surface area contributed by atoms with Crippen LogP contribution < -0.4 is 0 Å². The average molecular weight is 400 g/mol. The highest BCUT2D eigenvalue weighted by Gasteiger charge is 2.45. The zero-order chi connectivity index (χ0) is 19.7. The molecule has 1 spiro atoms. The van der Waals surface area contributed by atoms with Gasteiger partial charge in [0.15, 0.2) is 0 Å². The molecule has 0 unspecified atom stereocenters. The SMILES string of the molecule is CS(=O)(=O)CCN1C(=O)CC[C@@]12CCCN(Cc1ccc(F)cc1F)CC2. The molecular formula is C19H26F2N2O3S. The Morgan fingerprint density at radius 1 is 1.15 bits per heavy atom. The zero-order valence-corrected chi connectivity index (χ0v) is 16.4. The molecule has 1 aromatic rings. The Balaban J connectivity index is 1.68. The van der Waals surface area contributed by atoms with E-state index >= 15 is 0 Å². The van der Waals surface area contributed by atoms with Crippen LogP contribution >= 0.6 is 0 Å². The third-order valence-corrected chi connectivity index (χ3v) is 6.71. The Labute approximate surface area is 159 Å². The van der Waals surface area contributed by atoms with Crippen LogP contribution in [0, 0.1) is 11.6 Å². The molecule has 150 valence electrons. The fourth-order valence-corrected chi connectivity index (χ4v) is 4.81. The second-order valence-corrected chi connectivity index (χ2v) is 10.0. The molecule has 0 N–H and O–H groups in total. The smallest absolute Gasteiger partial charge is 0.223 e. The van der Waals surface area contributed by atoms with Crippen LogP contribution in [-0.2, 0) is 21.2 Å². The maximum Gasteiger partial charge on any atom is 0.223 e. The first-order valence-electron chi connectivity index (χ1n) is 9.33. The van der Waals surface area contributed by atoms with Crippen LogP contribution in [0.3, 0.4) is 0 Å². The van der Waals surface area contributed by atoms with Crippen molar-refractivity contribution in [2.24, 2.45) is 0 Å².